The third-order valence-electron chi connectivity index (χ3n) is 3.90. The Morgan fingerprint density at radius 3 is 2.50 bits per heavy atom. The third kappa shape index (κ3) is 4.08. The lowest BCUT2D eigenvalue weighted by atomic mass is 10.1. The van der Waals surface area contributed by atoms with Crippen molar-refractivity contribution in [2.45, 2.75) is 12.8 Å². The molecule has 146 valence electrons. The van der Waals surface area contributed by atoms with Crippen molar-refractivity contribution in [3.05, 3.63) is 71.4 Å². The number of hydrogen-bond acceptors (Lipinski definition) is 4. The Bertz CT molecular complexity index is 982. The van der Waals surface area contributed by atoms with Crippen LogP contribution in [0.5, 0.6) is 11.6 Å². The average Bonchev–Trinajstić information content (AvgIpc) is 3.10. The Hall–Kier alpha value is -3.49. The molecule has 1 heterocycles. The molecule has 6 nitrogen and oxygen atoms in total. The number of alkyl halides is 3. The van der Waals surface area contributed by atoms with Gasteiger partial charge in [-0.15, -0.1) is 0 Å². The van der Waals surface area contributed by atoms with Crippen molar-refractivity contribution in [3.63, 3.8) is 0 Å². The first-order valence-electron chi connectivity index (χ1n) is 8.04. The van der Waals surface area contributed by atoms with E-state index in [1.54, 1.807) is 24.3 Å². The summed E-state index contributed by atoms with van der Waals surface area (Å²) in [5, 5.41) is 13.4. The van der Waals surface area contributed by atoms with Crippen LogP contribution in [-0.2, 0) is 12.8 Å². The molecule has 0 aliphatic carbocycles. The normalized spacial score (nSPS) is 11.3. The van der Waals surface area contributed by atoms with Crippen LogP contribution in [0.15, 0.2) is 54.7 Å². The van der Waals surface area contributed by atoms with E-state index in [9.17, 15) is 23.1 Å². The molecule has 0 amide bonds. The molecular formula is C19H15F3N2O4. The van der Waals surface area contributed by atoms with Gasteiger partial charge in [-0.2, -0.15) is 18.3 Å². The lowest BCUT2D eigenvalue weighted by molar-refractivity contribution is -0.137. The van der Waals surface area contributed by atoms with Gasteiger partial charge in [-0.1, -0.05) is 12.1 Å². The first kappa shape index (κ1) is 19.3. The molecule has 1 aromatic heterocycles. The molecule has 0 radical (unpaired) electrons. The van der Waals surface area contributed by atoms with E-state index in [1.165, 1.54) is 23.9 Å². The minimum absolute atomic E-state index is 0.0879. The zero-order valence-corrected chi connectivity index (χ0v) is 14.6. The molecule has 0 aliphatic rings. The fourth-order valence-electron chi connectivity index (χ4n) is 2.52. The summed E-state index contributed by atoms with van der Waals surface area (Å²) in [6.45, 7) is -0.258. The van der Waals surface area contributed by atoms with Gasteiger partial charge in [0.05, 0.1) is 24.6 Å². The smallest absolute Gasteiger partial charge is 0.416 e. The van der Waals surface area contributed by atoms with Crippen LogP contribution in [0.1, 0.15) is 21.5 Å². The van der Waals surface area contributed by atoms with Gasteiger partial charge in [-0.05, 0) is 42.0 Å². The van der Waals surface area contributed by atoms with Crippen LogP contribution in [0.3, 0.4) is 0 Å². The van der Waals surface area contributed by atoms with Gasteiger partial charge in [0.15, 0.2) is 0 Å². The van der Waals surface area contributed by atoms with Crippen LogP contribution >= 0.6 is 0 Å². The lowest BCUT2D eigenvalue weighted by Gasteiger charge is -2.12. The van der Waals surface area contributed by atoms with E-state index in [0.717, 1.165) is 18.3 Å². The maximum atomic E-state index is 12.9. The highest BCUT2D eigenvalue weighted by atomic mass is 19.4. The molecule has 0 saturated heterocycles. The van der Waals surface area contributed by atoms with E-state index in [1.807, 2.05) is 0 Å². The van der Waals surface area contributed by atoms with E-state index < -0.39 is 17.7 Å². The Kier molecular flexibility index (Phi) is 5.25. The molecule has 28 heavy (non-hydrogen) atoms. The van der Waals surface area contributed by atoms with Crippen LogP contribution in [0.2, 0.25) is 0 Å². The third-order valence-corrected chi connectivity index (χ3v) is 3.90. The van der Waals surface area contributed by atoms with Crippen molar-refractivity contribution in [1.29, 1.82) is 0 Å². The van der Waals surface area contributed by atoms with Gasteiger partial charge >= 0.3 is 12.1 Å². The maximum Gasteiger partial charge on any atom is 0.416 e. The average molecular weight is 392 g/mol. The summed E-state index contributed by atoms with van der Waals surface area (Å²) in [7, 11) is 1.51. The van der Waals surface area contributed by atoms with Gasteiger partial charge in [-0.3, -0.25) is 0 Å². The van der Waals surface area contributed by atoms with E-state index in [0.29, 0.717) is 11.4 Å². The number of methoxy groups -OCH3 is 1. The molecule has 3 aromatic rings. The number of rotatable bonds is 6. The highest BCUT2D eigenvalue weighted by Gasteiger charge is 2.30. The zero-order valence-electron chi connectivity index (χ0n) is 14.6. The van der Waals surface area contributed by atoms with Crippen molar-refractivity contribution in [3.8, 4) is 17.3 Å². The number of carboxylic acid groups (broad SMARTS) is 1. The minimum Gasteiger partial charge on any atom is -0.497 e. The van der Waals surface area contributed by atoms with Gasteiger partial charge in [0.1, 0.15) is 17.9 Å². The van der Waals surface area contributed by atoms with Crippen LogP contribution in [0.4, 0.5) is 13.2 Å². The van der Waals surface area contributed by atoms with E-state index in [4.69, 9.17) is 9.47 Å². The number of hydrogen-bond donors (Lipinski definition) is 1. The van der Waals surface area contributed by atoms with Gasteiger partial charge in [0.2, 0.25) is 5.88 Å². The number of carboxylic acids is 1. The molecule has 0 aliphatic heterocycles. The summed E-state index contributed by atoms with van der Waals surface area (Å²) in [5.41, 5.74) is -0.264. The molecule has 9 heteroatoms. The monoisotopic (exact) mass is 392 g/mol. The zero-order chi connectivity index (χ0) is 20.3. The van der Waals surface area contributed by atoms with Crippen molar-refractivity contribution in [1.82, 2.24) is 9.78 Å². The molecule has 0 spiro atoms. The van der Waals surface area contributed by atoms with Crippen LogP contribution in [-0.4, -0.2) is 28.0 Å². The molecule has 0 fully saturated rings. The van der Waals surface area contributed by atoms with Crippen LogP contribution in [0, 0.1) is 0 Å². The summed E-state index contributed by atoms with van der Waals surface area (Å²) >= 11 is 0. The number of benzene rings is 2. The Morgan fingerprint density at radius 1 is 1.18 bits per heavy atom. The topological polar surface area (TPSA) is 73.6 Å². The second kappa shape index (κ2) is 7.63. The number of halogens is 3. The number of aromatic nitrogens is 2. The minimum atomic E-state index is -4.48. The van der Waals surface area contributed by atoms with Gasteiger partial charge in [0, 0.05) is 0 Å². The summed E-state index contributed by atoms with van der Waals surface area (Å²) in [5.74, 6) is -0.755. The second-order valence-corrected chi connectivity index (χ2v) is 5.77. The molecule has 3 rings (SSSR count). The van der Waals surface area contributed by atoms with Crippen LogP contribution in [0.25, 0.3) is 5.69 Å². The largest absolute Gasteiger partial charge is 0.497 e. The van der Waals surface area contributed by atoms with Crippen LogP contribution < -0.4 is 9.47 Å². The highest BCUT2D eigenvalue weighted by Crippen LogP contribution is 2.30. The predicted molar refractivity (Wildman–Crippen MR) is 92.9 cm³/mol. The molecule has 0 atom stereocenters. The second-order valence-electron chi connectivity index (χ2n) is 5.77. The Labute approximate surface area is 157 Å². The summed E-state index contributed by atoms with van der Waals surface area (Å²) < 4.78 is 50.5. The molecule has 0 bridgehead atoms. The Balaban J connectivity index is 1.90. The molecule has 1 N–H and O–H groups in total. The fraction of sp³-hybridized carbons (Fsp3) is 0.158. The van der Waals surface area contributed by atoms with Crippen molar-refractivity contribution < 1.29 is 32.5 Å². The highest BCUT2D eigenvalue weighted by molar-refractivity contribution is 5.90. The quantitative estimate of drug-likeness (QED) is 0.681. The summed E-state index contributed by atoms with van der Waals surface area (Å²) in [6.07, 6.45) is -3.36. The maximum absolute atomic E-state index is 12.9. The van der Waals surface area contributed by atoms with E-state index in [-0.39, 0.29) is 23.6 Å². The standard InChI is InChI=1S/C19H15F3N2O4/c1-27-15-7-5-14(6-8-15)24-17(16(10-23-24)18(25)26)28-11-12-3-2-4-13(9-12)19(20,21)22/h2-10H,11H2,1H3,(H,25,26). The van der Waals surface area contributed by atoms with E-state index >= 15 is 0 Å². The Morgan fingerprint density at radius 2 is 1.89 bits per heavy atom. The number of carbonyl (C=O) groups is 1. The van der Waals surface area contributed by atoms with Crippen molar-refractivity contribution in [2.24, 2.45) is 0 Å². The lowest BCUT2D eigenvalue weighted by Crippen LogP contribution is -2.09. The predicted octanol–water partition coefficient (Wildman–Crippen LogP) is 4.18. The first-order chi connectivity index (χ1) is 13.3. The summed E-state index contributed by atoms with van der Waals surface area (Å²) in [6, 6.07) is 11.2. The van der Waals surface area contributed by atoms with Gasteiger partial charge < -0.3 is 14.6 Å². The molecule has 0 saturated carbocycles. The fourth-order valence-corrected chi connectivity index (χ4v) is 2.52. The molecular weight excluding hydrogens is 377 g/mol. The molecule has 0 unspecified atom stereocenters. The van der Waals surface area contributed by atoms with E-state index in [2.05, 4.69) is 5.10 Å². The summed E-state index contributed by atoms with van der Waals surface area (Å²) in [4.78, 5) is 11.5. The van der Waals surface area contributed by atoms with Gasteiger partial charge in [0.25, 0.3) is 0 Å². The van der Waals surface area contributed by atoms with Gasteiger partial charge in [-0.25, -0.2) is 9.48 Å². The van der Waals surface area contributed by atoms with Crippen molar-refractivity contribution >= 4 is 5.97 Å². The van der Waals surface area contributed by atoms with Crippen molar-refractivity contribution in [2.75, 3.05) is 7.11 Å². The number of nitrogens with zero attached hydrogens (tertiary/aromatic N) is 2. The molecule has 2 aromatic carbocycles. The first-order valence-corrected chi connectivity index (χ1v) is 8.04. The number of aromatic carboxylic acids is 1. The SMILES string of the molecule is COc1ccc(-n2ncc(C(=O)O)c2OCc2cccc(C(F)(F)F)c2)cc1. The number of ether oxygens (including phenoxy) is 2.